The third-order valence-corrected chi connectivity index (χ3v) is 6.18. The van der Waals surface area contributed by atoms with E-state index < -0.39 is 10.0 Å². The molecule has 3 rings (SSSR count). The molecule has 0 saturated carbocycles. The van der Waals surface area contributed by atoms with Crippen LogP contribution in [-0.2, 0) is 16.6 Å². The fraction of sp³-hybridized carbons (Fsp3) is 0.136. The second-order valence-electron chi connectivity index (χ2n) is 6.68. The van der Waals surface area contributed by atoms with Crippen LogP contribution in [0, 0.1) is 6.92 Å². The van der Waals surface area contributed by atoms with Crippen molar-refractivity contribution in [3.63, 3.8) is 0 Å². The van der Waals surface area contributed by atoms with E-state index in [4.69, 9.17) is 11.6 Å². The van der Waals surface area contributed by atoms with E-state index in [-0.39, 0.29) is 10.8 Å². The molecular weight excluding hydrogens is 408 g/mol. The molecule has 3 aromatic carbocycles. The molecule has 0 bridgehead atoms. The summed E-state index contributed by atoms with van der Waals surface area (Å²) in [6, 6.07) is 20.4. The van der Waals surface area contributed by atoms with Crippen LogP contribution in [0.2, 0.25) is 5.02 Å². The minimum absolute atomic E-state index is 0.163. The van der Waals surface area contributed by atoms with Gasteiger partial charge in [0.15, 0.2) is 0 Å². The van der Waals surface area contributed by atoms with Gasteiger partial charge in [-0.3, -0.25) is 9.52 Å². The van der Waals surface area contributed by atoms with E-state index in [0.717, 1.165) is 5.56 Å². The van der Waals surface area contributed by atoms with Crippen molar-refractivity contribution in [1.29, 1.82) is 0 Å². The molecule has 1 N–H and O–H groups in total. The fourth-order valence-electron chi connectivity index (χ4n) is 2.92. The largest absolute Gasteiger partial charge is 0.337 e. The molecule has 0 aromatic heterocycles. The Kier molecular flexibility index (Phi) is 6.25. The predicted molar refractivity (Wildman–Crippen MR) is 116 cm³/mol. The summed E-state index contributed by atoms with van der Waals surface area (Å²) in [5.41, 5.74) is 2.33. The van der Waals surface area contributed by atoms with Crippen LogP contribution in [0.25, 0.3) is 0 Å². The summed E-state index contributed by atoms with van der Waals surface area (Å²) < 4.78 is 27.8. The van der Waals surface area contributed by atoms with Crippen LogP contribution in [-0.4, -0.2) is 26.3 Å². The van der Waals surface area contributed by atoms with Gasteiger partial charge in [-0.25, -0.2) is 8.42 Å². The van der Waals surface area contributed by atoms with Crippen LogP contribution in [0.4, 0.5) is 5.69 Å². The molecule has 3 aromatic rings. The first-order valence-electron chi connectivity index (χ1n) is 8.95. The molecule has 1 amide bonds. The van der Waals surface area contributed by atoms with E-state index in [1.807, 2.05) is 12.1 Å². The average Bonchev–Trinajstić information content (AvgIpc) is 2.71. The van der Waals surface area contributed by atoms with Crippen molar-refractivity contribution >= 4 is 33.2 Å². The molecule has 5 nitrogen and oxygen atoms in total. The van der Waals surface area contributed by atoms with Crippen molar-refractivity contribution in [2.45, 2.75) is 18.4 Å². The Hall–Kier alpha value is -2.83. The van der Waals surface area contributed by atoms with Gasteiger partial charge in [0.2, 0.25) is 0 Å². The molecule has 0 aliphatic carbocycles. The molecule has 0 heterocycles. The van der Waals surface area contributed by atoms with E-state index >= 15 is 0 Å². The van der Waals surface area contributed by atoms with E-state index in [1.54, 1.807) is 67.4 Å². The highest BCUT2D eigenvalue weighted by Gasteiger charge is 2.19. The highest BCUT2D eigenvalue weighted by Crippen LogP contribution is 2.24. The maximum Gasteiger partial charge on any atom is 0.261 e. The third kappa shape index (κ3) is 4.96. The Balaban J connectivity index is 1.82. The lowest BCUT2D eigenvalue weighted by molar-refractivity contribution is 0.0784. The van der Waals surface area contributed by atoms with Crippen molar-refractivity contribution in [2.75, 3.05) is 11.8 Å². The summed E-state index contributed by atoms with van der Waals surface area (Å²) in [6.45, 7) is 2.14. The first kappa shape index (κ1) is 20.9. The summed E-state index contributed by atoms with van der Waals surface area (Å²) in [7, 11) is -2.03. The lowest BCUT2D eigenvalue weighted by atomic mass is 10.1. The van der Waals surface area contributed by atoms with Gasteiger partial charge in [-0.1, -0.05) is 48.0 Å². The minimum Gasteiger partial charge on any atom is -0.337 e. The number of carbonyl (C=O) groups is 1. The van der Waals surface area contributed by atoms with Gasteiger partial charge in [-0.2, -0.15) is 0 Å². The van der Waals surface area contributed by atoms with Gasteiger partial charge in [0.25, 0.3) is 15.9 Å². The number of hydrogen-bond donors (Lipinski definition) is 1. The molecule has 0 spiro atoms. The maximum absolute atomic E-state index is 12.9. The molecule has 0 unspecified atom stereocenters. The van der Waals surface area contributed by atoms with Crippen molar-refractivity contribution in [1.82, 2.24) is 4.90 Å². The maximum atomic E-state index is 12.9. The summed E-state index contributed by atoms with van der Waals surface area (Å²) in [5, 5.41) is 0.636. The van der Waals surface area contributed by atoms with Crippen LogP contribution in [0.15, 0.2) is 77.7 Å². The highest BCUT2D eigenvalue weighted by molar-refractivity contribution is 7.92. The molecule has 150 valence electrons. The topological polar surface area (TPSA) is 66.5 Å². The van der Waals surface area contributed by atoms with Crippen molar-refractivity contribution in [3.8, 4) is 0 Å². The Morgan fingerprint density at radius 3 is 2.28 bits per heavy atom. The summed E-state index contributed by atoms with van der Waals surface area (Å²) in [4.78, 5) is 14.7. The quantitative estimate of drug-likeness (QED) is 0.617. The van der Waals surface area contributed by atoms with Gasteiger partial charge >= 0.3 is 0 Å². The molecule has 29 heavy (non-hydrogen) atoms. The van der Waals surface area contributed by atoms with Crippen LogP contribution in [0.3, 0.4) is 0 Å². The van der Waals surface area contributed by atoms with Gasteiger partial charge in [-0.15, -0.1) is 0 Å². The molecule has 7 heteroatoms. The van der Waals surface area contributed by atoms with E-state index in [9.17, 15) is 13.2 Å². The predicted octanol–water partition coefficient (Wildman–Crippen LogP) is 4.72. The van der Waals surface area contributed by atoms with Crippen LogP contribution in [0.1, 0.15) is 21.5 Å². The van der Waals surface area contributed by atoms with Crippen molar-refractivity contribution < 1.29 is 13.2 Å². The number of anilines is 1. The summed E-state index contributed by atoms with van der Waals surface area (Å²) in [6.07, 6.45) is 0. The number of nitrogens with zero attached hydrogens (tertiary/aromatic N) is 1. The lowest BCUT2D eigenvalue weighted by Crippen LogP contribution is -2.27. The minimum atomic E-state index is -3.74. The molecular formula is C22H21ClN2O3S. The SMILES string of the molecule is Cc1c(NS(=O)(=O)c2ccccc2)cccc1C(=O)N(C)Cc1ccc(Cl)cc1. The Morgan fingerprint density at radius 1 is 0.966 bits per heavy atom. The number of halogens is 1. The standard InChI is InChI=1S/C22H21ClN2O3S/c1-16-20(22(26)25(2)15-17-11-13-18(23)14-12-17)9-6-10-21(16)24-29(27,28)19-7-4-3-5-8-19/h3-14,24H,15H2,1-2H3. The third-order valence-electron chi connectivity index (χ3n) is 4.54. The second kappa shape index (κ2) is 8.68. The number of amides is 1. The van der Waals surface area contributed by atoms with Gasteiger partial charge in [0.05, 0.1) is 10.6 Å². The molecule has 0 atom stereocenters. The summed E-state index contributed by atoms with van der Waals surface area (Å²) >= 11 is 5.91. The second-order valence-corrected chi connectivity index (χ2v) is 8.80. The Morgan fingerprint density at radius 2 is 1.62 bits per heavy atom. The Bertz CT molecular complexity index is 1110. The number of sulfonamides is 1. The molecule has 0 radical (unpaired) electrons. The smallest absolute Gasteiger partial charge is 0.261 e. The van der Waals surface area contributed by atoms with Gasteiger partial charge < -0.3 is 4.90 Å². The monoisotopic (exact) mass is 428 g/mol. The number of carbonyl (C=O) groups excluding carboxylic acids is 1. The summed E-state index contributed by atoms with van der Waals surface area (Å²) in [5.74, 6) is -0.196. The van der Waals surface area contributed by atoms with Crippen LogP contribution >= 0.6 is 11.6 Å². The number of hydrogen-bond acceptors (Lipinski definition) is 3. The molecule has 0 fully saturated rings. The van der Waals surface area contributed by atoms with E-state index in [1.165, 1.54) is 12.1 Å². The number of benzene rings is 3. The first-order chi connectivity index (χ1) is 13.8. The zero-order valence-electron chi connectivity index (χ0n) is 16.1. The zero-order valence-corrected chi connectivity index (χ0v) is 17.7. The van der Waals surface area contributed by atoms with E-state index in [0.29, 0.717) is 28.4 Å². The van der Waals surface area contributed by atoms with Crippen molar-refractivity contribution in [3.05, 3.63) is 94.5 Å². The Labute approximate surface area is 176 Å². The average molecular weight is 429 g/mol. The number of rotatable bonds is 6. The highest BCUT2D eigenvalue weighted by atomic mass is 35.5. The number of nitrogens with one attached hydrogen (secondary N) is 1. The lowest BCUT2D eigenvalue weighted by Gasteiger charge is -2.20. The zero-order chi connectivity index (χ0) is 21.0. The van der Waals surface area contributed by atoms with Gasteiger partial charge in [-0.05, 0) is 54.4 Å². The fourth-order valence-corrected chi connectivity index (χ4v) is 4.19. The first-order valence-corrected chi connectivity index (χ1v) is 10.8. The van der Waals surface area contributed by atoms with E-state index in [2.05, 4.69) is 4.72 Å². The van der Waals surface area contributed by atoms with Gasteiger partial charge in [0.1, 0.15) is 0 Å². The van der Waals surface area contributed by atoms with Crippen LogP contribution in [0.5, 0.6) is 0 Å². The molecule has 0 aliphatic heterocycles. The van der Waals surface area contributed by atoms with Crippen molar-refractivity contribution in [2.24, 2.45) is 0 Å². The molecule has 0 saturated heterocycles. The molecule has 0 aliphatic rings. The normalized spacial score (nSPS) is 11.1. The van der Waals surface area contributed by atoms with Gasteiger partial charge in [0, 0.05) is 24.2 Å². The van der Waals surface area contributed by atoms with Crippen LogP contribution < -0.4 is 4.72 Å².